The molecule has 0 bridgehead atoms. The van der Waals surface area contributed by atoms with Crippen molar-refractivity contribution in [3.8, 4) is 0 Å². The number of carbonyl (C=O) groups is 2. The van der Waals surface area contributed by atoms with Crippen LogP contribution in [0.5, 0.6) is 0 Å². The van der Waals surface area contributed by atoms with Crippen LogP contribution in [0.25, 0.3) is 0 Å². The lowest BCUT2D eigenvalue weighted by molar-refractivity contribution is 0.0696. The number of rotatable bonds is 6. The molecule has 3 N–H and O–H groups in total. The number of aromatic nitrogens is 2. The molecule has 0 unspecified atom stereocenters. The average Bonchev–Trinajstić information content (AvgIpc) is 2.61. The molecule has 0 aliphatic carbocycles. The number of benzene rings is 2. The molecule has 0 aliphatic heterocycles. The number of nitrogens with one attached hydrogen (secondary N) is 2. The Labute approximate surface area is 156 Å². The molecule has 0 atom stereocenters. The Kier molecular flexibility index (Phi) is 5.12. The first-order chi connectivity index (χ1) is 12.9. The van der Waals surface area contributed by atoms with Crippen molar-refractivity contribution in [1.29, 1.82) is 0 Å². The summed E-state index contributed by atoms with van der Waals surface area (Å²) >= 11 is 0. The van der Waals surface area contributed by atoms with Gasteiger partial charge in [-0.15, -0.1) is 0 Å². The van der Waals surface area contributed by atoms with Crippen molar-refractivity contribution >= 4 is 34.9 Å². The Morgan fingerprint density at radius 3 is 2.19 bits per heavy atom. The number of nitrogens with zero attached hydrogens (tertiary/aromatic N) is 2. The van der Waals surface area contributed by atoms with Gasteiger partial charge >= 0.3 is 5.97 Å². The third-order valence-electron chi connectivity index (χ3n) is 3.76. The van der Waals surface area contributed by atoms with E-state index in [1.165, 1.54) is 19.1 Å². The number of ketones is 1. The van der Waals surface area contributed by atoms with Crippen LogP contribution in [0.4, 0.5) is 23.1 Å². The highest BCUT2D eigenvalue weighted by molar-refractivity contribution is 5.95. The maximum atomic E-state index is 11.5. The molecule has 27 heavy (non-hydrogen) atoms. The number of hydrogen-bond donors (Lipinski definition) is 3. The number of Topliss-reactive ketones (excluding diaryl/α,β-unsaturated/α-hetero) is 1. The lowest BCUT2D eigenvalue weighted by Gasteiger charge is -2.11. The predicted octanol–water partition coefficient (Wildman–Crippen LogP) is 4.17. The molecule has 0 fully saturated rings. The van der Waals surface area contributed by atoms with Crippen molar-refractivity contribution in [2.24, 2.45) is 0 Å². The summed E-state index contributed by atoms with van der Waals surface area (Å²) in [5, 5.41) is 15.3. The van der Waals surface area contributed by atoms with Gasteiger partial charge in [-0.25, -0.2) is 9.78 Å². The van der Waals surface area contributed by atoms with E-state index in [0.29, 0.717) is 28.7 Å². The molecular formula is C20H18N4O3. The van der Waals surface area contributed by atoms with E-state index >= 15 is 0 Å². The highest BCUT2D eigenvalue weighted by atomic mass is 16.4. The van der Waals surface area contributed by atoms with Crippen molar-refractivity contribution in [2.75, 3.05) is 10.6 Å². The van der Waals surface area contributed by atoms with Crippen molar-refractivity contribution in [3.63, 3.8) is 0 Å². The maximum Gasteiger partial charge on any atom is 0.335 e. The van der Waals surface area contributed by atoms with Gasteiger partial charge < -0.3 is 15.7 Å². The summed E-state index contributed by atoms with van der Waals surface area (Å²) in [5.74, 6) is -0.127. The normalized spacial score (nSPS) is 10.3. The van der Waals surface area contributed by atoms with Crippen LogP contribution in [0.2, 0.25) is 0 Å². The number of hydrogen-bond acceptors (Lipinski definition) is 6. The topological polar surface area (TPSA) is 104 Å². The number of anilines is 4. The zero-order valence-corrected chi connectivity index (χ0v) is 14.9. The van der Waals surface area contributed by atoms with Crippen LogP contribution >= 0.6 is 0 Å². The summed E-state index contributed by atoms with van der Waals surface area (Å²) in [5.41, 5.74) is 2.82. The third kappa shape index (κ3) is 4.66. The van der Waals surface area contributed by atoms with Crippen molar-refractivity contribution in [2.45, 2.75) is 13.8 Å². The van der Waals surface area contributed by atoms with Crippen LogP contribution in [-0.2, 0) is 0 Å². The van der Waals surface area contributed by atoms with E-state index in [-0.39, 0.29) is 11.3 Å². The Morgan fingerprint density at radius 1 is 0.889 bits per heavy atom. The molecule has 0 saturated carbocycles. The molecule has 0 aliphatic rings. The van der Waals surface area contributed by atoms with E-state index < -0.39 is 5.97 Å². The van der Waals surface area contributed by atoms with Crippen molar-refractivity contribution < 1.29 is 14.7 Å². The fourth-order valence-corrected chi connectivity index (χ4v) is 2.51. The van der Waals surface area contributed by atoms with Crippen LogP contribution in [0, 0.1) is 6.92 Å². The number of carbonyl (C=O) groups excluding carboxylic acids is 1. The third-order valence-corrected chi connectivity index (χ3v) is 3.76. The van der Waals surface area contributed by atoms with Crippen LogP contribution in [0.1, 0.15) is 33.3 Å². The van der Waals surface area contributed by atoms with Crippen LogP contribution in [0.15, 0.2) is 54.6 Å². The number of carboxylic acids is 1. The van der Waals surface area contributed by atoms with E-state index in [2.05, 4.69) is 20.6 Å². The molecule has 7 nitrogen and oxygen atoms in total. The van der Waals surface area contributed by atoms with Crippen LogP contribution in [0.3, 0.4) is 0 Å². The molecule has 0 spiro atoms. The average molecular weight is 362 g/mol. The van der Waals surface area contributed by atoms with Gasteiger partial charge in [-0.2, -0.15) is 4.98 Å². The largest absolute Gasteiger partial charge is 0.478 e. The quantitative estimate of drug-likeness (QED) is 0.565. The second kappa shape index (κ2) is 7.65. The first-order valence-electron chi connectivity index (χ1n) is 8.25. The van der Waals surface area contributed by atoms with E-state index in [9.17, 15) is 9.59 Å². The van der Waals surface area contributed by atoms with Gasteiger partial charge in [0.05, 0.1) is 5.56 Å². The number of carboxylic acid groups (broad SMARTS) is 1. The maximum absolute atomic E-state index is 11.5. The molecule has 0 amide bonds. The van der Waals surface area contributed by atoms with Crippen molar-refractivity contribution in [1.82, 2.24) is 9.97 Å². The van der Waals surface area contributed by atoms with Gasteiger partial charge in [-0.3, -0.25) is 4.79 Å². The van der Waals surface area contributed by atoms with E-state index in [1.807, 2.05) is 13.0 Å². The first-order valence-corrected chi connectivity index (χ1v) is 8.25. The summed E-state index contributed by atoms with van der Waals surface area (Å²) in [6.45, 7) is 3.34. The predicted molar refractivity (Wildman–Crippen MR) is 103 cm³/mol. The highest BCUT2D eigenvalue weighted by Gasteiger charge is 2.07. The van der Waals surface area contributed by atoms with Gasteiger partial charge in [0.15, 0.2) is 5.78 Å². The van der Waals surface area contributed by atoms with Crippen molar-refractivity contribution in [3.05, 3.63) is 71.4 Å². The molecule has 7 heteroatoms. The molecular weight excluding hydrogens is 344 g/mol. The minimum atomic E-state index is -0.995. The van der Waals surface area contributed by atoms with Gasteiger partial charge in [0.2, 0.25) is 5.95 Å². The molecule has 2 aromatic carbocycles. The van der Waals surface area contributed by atoms with E-state index in [0.717, 1.165) is 5.69 Å². The van der Waals surface area contributed by atoms with Gasteiger partial charge in [0.25, 0.3) is 0 Å². The fraction of sp³-hybridized carbons (Fsp3) is 0.100. The minimum Gasteiger partial charge on any atom is -0.478 e. The Balaban J connectivity index is 1.84. The van der Waals surface area contributed by atoms with Crippen LogP contribution in [-0.4, -0.2) is 26.8 Å². The lowest BCUT2D eigenvalue weighted by atomic mass is 10.1. The SMILES string of the molecule is CC(=O)c1cccc(Nc2nc(C)cc(Nc3cccc(C(=O)O)c3)n2)c1. The molecule has 0 radical (unpaired) electrons. The Bertz CT molecular complexity index is 940. The zero-order chi connectivity index (χ0) is 19.4. The van der Waals surface area contributed by atoms with Gasteiger partial charge in [0.1, 0.15) is 5.82 Å². The Morgan fingerprint density at radius 2 is 1.52 bits per heavy atom. The second-order valence-electron chi connectivity index (χ2n) is 5.99. The lowest BCUT2D eigenvalue weighted by Crippen LogP contribution is -2.04. The smallest absolute Gasteiger partial charge is 0.335 e. The summed E-state index contributed by atoms with van der Waals surface area (Å²) in [6.07, 6.45) is 0. The fourth-order valence-electron chi connectivity index (χ4n) is 2.51. The second-order valence-corrected chi connectivity index (χ2v) is 5.99. The minimum absolute atomic E-state index is 0.0236. The van der Waals surface area contributed by atoms with Gasteiger partial charge in [0, 0.05) is 28.7 Å². The molecule has 1 aromatic heterocycles. The standard InChI is InChI=1S/C20H18N4O3/c1-12-9-18(22-16-7-4-6-15(11-16)19(26)27)24-20(21-12)23-17-8-3-5-14(10-17)13(2)25/h3-11H,1-2H3,(H,26,27)(H2,21,22,23,24). The summed E-state index contributed by atoms with van der Waals surface area (Å²) in [6, 6.07) is 15.3. The number of aryl methyl sites for hydroxylation is 1. The molecule has 0 saturated heterocycles. The van der Waals surface area contributed by atoms with Crippen LogP contribution < -0.4 is 10.6 Å². The zero-order valence-electron chi connectivity index (χ0n) is 14.9. The highest BCUT2D eigenvalue weighted by Crippen LogP contribution is 2.20. The van der Waals surface area contributed by atoms with E-state index in [1.54, 1.807) is 36.4 Å². The van der Waals surface area contributed by atoms with Gasteiger partial charge in [-0.1, -0.05) is 18.2 Å². The van der Waals surface area contributed by atoms with Gasteiger partial charge in [-0.05, 0) is 44.2 Å². The monoisotopic (exact) mass is 362 g/mol. The Hall–Kier alpha value is -3.74. The molecule has 1 heterocycles. The van der Waals surface area contributed by atoms with E-state index in [4.69, 9.17) is 5.11 Å². The molecule has 3 rings (SSSR count). The summed E-state index contributed by atoms with van der Waals surface area (Å²) in [4.78, 5) is 31.4. The molecule has 136 valence electrons. The number of aromatic carboxylic acids is 1. The first kappa shape index (κ1) is 18.1. The summed E-state index contributed by atoms with van der Waals surface area (Å²) in [7, 11) is 0. The molecule has 3 aromatic rings. The summed E-state index contributed by atoms with van der Waals surface area (Å²) < 4.78 is 0.